The predicted molar refractivity (Wildman–Crippen MR) is 217 cm³/mol. The highest BCUT2D eigenvalue weighted by Crippen LogP contribution is 2.35. The molecule has 10 nitrogen and oxygen atoms in total. The fraction of sp³-hybridized carbons (Fsp3) is 0.419. The molecule has 5 rings (SSSR count). The zero-order valence-electron chi connectivity index (χ0n) is 32.9. The Labute approximate surface area is 334 Å². The van der Waals surface area contributed by atoms with Crippen LogP contribution in [-0.2, 0) is 43.6 Å². The molecule has 57 heavy (non-hydrogen) atoms. The van der Waals surface area contributed by atoms with Gasteiger partial charge in [-0.1, -0.05) is 38.5 Å². The highest BCUT2D eigenvalue weighted by Gasteiger charge is 2.37. The number of halogens is 3. The van der Waals surface area contributed by atoms with E-state index in [2.05, 4.69) is 22.1 Å². The molecule has 3 aromatic carbocycles. The largest absolute Gasteiger partial charge is 0.491 e. The number of anilines is 2. The molecule has 1 amide bonds. The third kappa shape index (κ3) is 11.6. The lowest BCUT2D eigenvalue weighted by Gasteiger charge is -2.34. The van der Waals surface area contributed by atoms with E-state index >= 15 is 0 Å². The number of ether oxygens (including phenoxy) is 2. The number of carboxylic acids is 1. The smallest absolute Gasteiger partial charge is 0.449 e. The summed E-state index contributed by atoms with van der Waals surface area (Å²) in [6.07, 6.45) is 1.94. The van der Waals surface area contributed by atoms with E-state index in [0.29, 0.717) is 61.8 Å². The summed E-state index contributed by atoms with van der Waals surface area (Å²) in [6.45, 7) is 9.86. The molecule has 0 fully saturated rings. The molecule has 14 heteroatoms. The zero-order chi connectivity index (χ0) is 41.2. The number of aliphatic carboxylic acids is 1. The Hall–Kier alpha value is -4.95. The van der Waals surface area contributed by atoms with Crippen LogP contribution >= 0.6 is 0 Å². The lowest BCUT2D eigenvalue weighted by molar-refractivity contribution is -0.147. The van der Waals surface area contributed by atoms with Gasteiger partial charge >= 0.3 is 12.1 Å². The van der Waals surface area contributed by atoms with Gasteiger partial charge in [0.2, 0.25) is 5.82 Å². The Morgan fingerprint density at radius 2 is 1.67 bits per heavy atom. The van der Waals surface area contributed by atoms with Crippen LogP contribution in [0, 0.1) is 5.41 Å². The van der Waals surface area contributed by atoms with Crippen molar-refractivity contribution in [1.82, 2.24) is 9.55 Å². The number of imidazole rings is 1. The van der Waals surface area contributed by atoms with Gasteiger partial charge in [0, 0.05) is 54.3 Å². The van der Waals surface area contributed by atoms with E-state index in [1.54, 1.807) is 45.0 Å². The standard InChI is InChI=1S/C43H51F3N4O6S/c1-5-7-22-55-23-24-56-36-15-10-30(11-16-36)31-12-19-38-33(25-31)26-32(9-8-21-49(38)29-42(3,4)41(52)53)39(51)48-34-13-17-37(18-14-34)57(54)28-35-27-47-40(43(44,45)46)50(35)20-6-2/h10-19,25-27H,5-9,20-24,28-29H2,1-4H3,(H,48,51)(H,52,53)/t57-/m0/s1. The fourth-order valence-electron chi connectivity index (χ4n) is 6.52. The van der Waals surface area contributed by atoms with Gasteiger partial charge in [-0.05, 0) is 111 Å². The number of carboxylic acid groups (broad SMARTS) is 1. The first-order valence-corrected chi connectivity index (χ1v) is 20.6. The molecule has 0 saturated heterocycles. The van der Waals surface area contributed by atoms with Gasteiger partial charge in [-0.3, -0.25) is 13.8 Å². The van der Waals surface area contributed by atoms with Crippen LogP contribution in [0.25, 0.3) is 17.2 Å². The van der Waals surface area contributed by atoms with Gasteiger partial charge in [-0.15, -0.1) is 0 Å². The van der Waals surface area contributed by atoms with Crippen molar-refractivity contribution in [1.29, 1.82) is 0 Å². The number of benzene rings is 3. The van der Waals surface area contributed by atoms with E-state index in [0.717, 1.165) is 51.7 Å². The number of carbonyl (C=O) groups is 2. The van der Waals surface area contributed by atoms with E-state index in [-0.39, 0.29) is 30.4 Å². The summed E-state index contributed by atoms with van der Waals surface area (Å²) in [4.78, 5) is 31.9. The molecule has 1 aliphatic heterocycles. The van der Waals surface area contributed by atoms with Crippen molar-refractivity contribution in [2.24, 2.45) is 5.41 Å². The maximum atomic E-state index is 13.8. The minimum absolute atomic E-state index is 0.102. The minimum Gasteiger partial charge on any atom is -0.491 e. The van der Waals surface area contributed by atoms with Crippen LogP contribution in [0.15, 0.2) is 83.4 Å². The number of carbonyl (C=O) groups excluding carboxylic acids is 1. The second-order valence-corrected chi connectivity index (χ2v) is 16.1. The first-order valence-electron chi connectivity index (χ1n) is 19.3. The molecule has 2 N–H and O–H groups in total. The molecular formula is C43H51F3N4O6S. The number of amides is 1. The topological polar surface area (TPSA) is 123 Å². The van der Waals surface area contributed by atoms with E-state index in [9.17, 15) is 32.1 Å². The molecule has 2 heterocycles. The second-order valence-electron chi connectivity index (χ2n) is 14.7. The molecule has 1 atom stereocenters. The molecular weight excluding hydrogens is 758 g/mol. The first kappa shape index (κ1) is 43.2. The van der Waals surface area contributed by atoms with Gasteiger partial charge in [-0.25, -0.2) is 4.98 Å². The number of aromatic nitrogens is 2. The van der Waals surface area contributed by atoms with Crippen LogP contribution in [0.4, 0.5) is 24.5 Å². The van der Waals surface area contributed by atoms with Crippen molar-refractivity contribution in [2.45, 2.75) is 83.2 Å². The number of alkyl halides is 3. The van der Waals surface area contributed by atoms with E-state index in [4.69, 9.17) is 9.47 Å². The number of hydrogen-bond acceptors (Lipinski definition) is 7. The summed E-state index contributed by atoms with van der Waals surface area (Å²) >= 11 is 0. The maximum Gasteiger partial charge on any atom is 0.449 e. The second kappa shape index (κ2) is 19.5. The minimum atomic E-state index is -4.62. The molecule has 4 aromatic rings. The van der Waals surface area contributed by atoms with Crippen LogP contribution in [0.1, 0.15) is 76.9 Å². The number of hydrogen-bond donors (Lipinski definition) is 2. The Morgan fingerprint density at radius 3 is 2.33 bits per heavy atom. The van der Waals surface area contributed by atoms with Crippen molar-refractivity contribution in [3.05, 3.63) is 95.6 Å². The molecule has 0 radical (unpaired) electrons. The zero-order valence-corrected chi connectivity index (χ0v) is 33.7. The Kier molecular flexibility index (Phi) is 14.7. The van der Waals surface area contributed by atoms with Gasteiger partial charge in [0.25, 0.3) is 5.91 Å². The first-order chi connectivity index (χ1) is 27.2. The van der Waals surface area contributed by atoms with Crippen molar-refractivity contribution in [2.75, 3.05) is 43.1 Å². The number of rotatable bonds is 18. The molecule has 1 aliphatic rings. The average molecular weight is 809 g/mol. The van der Waals surface area contributed by atoms with Crippen molar-refractivity contribution >= 4 is 40.1 Å². The van der Waals surface area contributed by atoms with Gasteiger partial charge in [0.15, 0.2) is 0 Å². The van der Waals surface area contributed by atoms with Gasteiger partial charge < -0.3 is 29.4 Å². The summed E-state index contributed by atoms with van der Waals surface area (Å²) in [7, 11) is -1.66. The summed E-state index contributed by atoms with van der Waals surface area (Å²) in [5.41, 5.74) is 3.65. The normalized spacial score (nSPS) is 13.9. The summed E-state index contributed by atoms with van der Waals surface area (Å²) in [6, 6.07) is 20.1. The van der Waals surface area contributed by atoms with Gasteiger partial charge in [0.1, 0.15) is 12.4 Å². The summed E-state index contributed by atoms with van der Waals surface area (Å²) < 4.78 is 66.2. The monoisotopic (exact) mass is 808 g/mol. The van der Waals surface area contributed by atoms with E-state index in [1.165, 1.54) is 0 Å². The van der Waals surface area contributed by atoms with Gasteiger partial charge in [-0.2, -0.15) is 13.2 Å². The number of unbranched alkanes of at least 4 members (excludes halogenated alkanes) is 1. The van der Waals surface area contributed by atoms with Crippen LogP contribution in [0.5, 0.6) is 5.75 Å². The number of fused-ring (bicyclic) bond motifs is 1. The number of nitrogens with one attached hydrogen (secondary N) is 1. The van der Waals surface area contributed by atoms with Crippen molar-refractivity contribution < 1.29 is 41.5 Å². The Morgan fingerprint density at radius 1 is 0.947 bits per heavy atom. The lowest BCUT2D eigenvalue weighted by Crippen LogP contribution is -2.40. The highest BCUT2D eigenvalue weighted by molar-refractivity contribution is 7.84. The van der Waals surface area contributed by atoms with E-state index in [1.807, 2.05) is 48.5 Å². The summed E-state index contributed by atoms with van der Waals surface area (Å²) in [5, 5.41) is 12.9. The Bertz CT molecular complexity index is 2040. The third-order valence-corrected chi connectivity index (χ3v) is 11.0. The molecule has 0 bridgehead atoms. The number of nitrogens with zero attached hydrogens (tertiary/aromatic N) is 3. The molecule has 0 spiro atoms. The van der Waals surface area contributed by atoms with Gasteiger partial charge in [0.05, 0.1) is 34.3 Å². The Balaban J connectivity index is 1.34. The lowest BCUT2D eigenvalue weighted by atomic mass is 9.91. The predicted octanol–water partition coefficient (Wildman–Crippen LogP) is 9.22. The highest BCUT2D eigenvalue weighted by atomic mass is 32.2. The van der Waals surface area contributed by atoms with Crippen molar-refractivity contribution in [3.63, 3.8) is 0 Å². The SMILES string of the molecule is CCCCOCCOc1ccc(-c2ccc3c(c2)C=C(C(=O)Nc2ccc([S@@](=O)Cc4cnc(C(F)(F)F)n4CCC)cc2)CCCN3CC(C)(C)C(=O)O)cc1. The van der Waals surface area contributed by atoms with Crippen LogP contribution in [0.3, 0.4) is 0 Å². The van der Waals surface area contributed by atoms with Crippen LogP contribution in [0.2, 0.25) is 0 Å². The van der Waals surface area contributed by atoms with Crippen LogP contribution in [-0.4, -0.2) is 63.7 Å². The molecule has 0 aliphatic carbocycles. The van der Waals surface area contributed by atoms with Crippen molar-refractivity contribution in [3.8, 4) is 16.9 Å². The molecule has 0 unspecified atom stereocenters. The van der Waals surface area contributed by atoms with E-state index < -0.39 is 34.2 Å². The average Bonchev–Trinajstić information content (AvgIpc) is 3.57. The molecule has 1 aromatic heterocycles. The summed E-state index contributed by atoms with van der Waals surface area (Å²) in [5.74, 6) is -1.64. The quantitative estimate of drug-likeness (QED) is 0.0955. The third-order valence-electron chi connectivity index (χ3n) is 9.65. The molecule has 0 saturated carbocycles. The molecule has 306 valence electrons. The fourth-order valence-corrected chi connectivity index (χ4v) is 7.63. The maximum absolute atomic E-state index is 13.8. The van der Waals surface area contributed by atoms with Crippen LogP contribution < -0.4 is 15.0 Å².